The topological polar surface area (TPSA) is 100 Å². The number of H-pyrrole nitrogens is 1. The molecule has 0 spiro atoms. The Morgan fingerprint density at radius 3 is 2.44 bits per heavy atom. The van der Waals surface area contributed by atoms with Crippen LogP contribution in [-0.4, -0.2) is 37.8 Å². The minimum Gasteiger partial charge on any atom is -0.393 e. The van der Waals surface area contributed by atoms with Crippen molar-refractivity contribution in [1.29, 1.82) is 0 Å². The molecule has 0 bridgehead atoms. The normalized spacial score (nSPS) is 22.0. The maximum Gasteiger partial charge on any atom is 0.258 e. The highest BCUT2D eigenvalue weighted by Gasteiger charge is 2.36. The van der Waals surface area contributed by atoms with E-state index in [4.69, 9.17) is 5.10 Å². The molecule has 1 aromatic carbocycles. The van der Waals surface area contributed by atoms with Crippen molar-refractivity contribution >= 4 is 22.2 Å². The van der Waals surface area contributed by atoms with Crippen LogP contribution in [0.2, 0.25) is 0 Å². The lowest BCUT2D eigenvalue weighted by Crippen LogP contribution is -2.29. The number of benzene rings is 1. The summed E-state index contributed by atoms with van der Waals surface area (Å²) in [5, 5.41) is 19.9. The molecule has 0 saturated heterocycles. The number of hydrogen-bond donors (Lipinski definition) is 3. The maximum atomic E-state index is 13.4. The van der Waals surface area contributed by atoms with Crippen LogP contribution in [0, 0.1) is 12.3 Å². The van der Waals surface area contributed by atoms with Crippen LogP contribution in [0.3, 0.4) is 0 Å². The quantitative estimate of drug-likeness (QED) is 0.469. The highest BCUT2D eigenvalue weighted by atomic mass is 16.3. The number of carbonyl (C=O) groups is 1. The average Bonchev–Trinajstić information content (AvgIpc) is 3.09. The first kappa shape index (κ1) is 24.8. The third-order valence-corrected chi connectivity index (χ3v) is 7.76. The Kier molecular flexibility index (Phi) is 5.90. The second-order valence-corrected chi connectivity index (χ2v) is 12.6. The van der Waals surface area contributed by atoms with Crippen LogP contribution >= 0.6 is 0 Å². The van der Waals surface area contributed by atoms with E-state index in [1.807, 2.05) is 23.7 Å². The van der Waals surface area contributed by atoms with Crippen LogP contribution in [0.5, 0.6) is 0 Å². The Labute approximate surface area is 212 Å². The molecule has 2 aromatic heterocycles. The average molecular weight is 491 g/mol. The fourth-order valence-electron chi connectivity index (χ4n) is 5.83. The number of aromatic nitrogens is 3. The van der Waals surface area contributed by atoms with Crippen molar-refractivity contribution < 1.29 is 9.90 Å². The number of aliphatic hydroxyl groups excluding tert-OH is 1. The Hall–Kier alpha value is -2.93. The highest BCUT2D eigenvalue weighted by Crippen LogP contribution is 2.38. The molecule has 0 atom stereocenters. The molecule has 0 radical (unpaired) electrons. The SMILES string of the molecule is Cc1nn(-c2cc(N[C@H]3CC[C@H](O)CC3)c3c(=O)[nH]c(C(C)(C)C)cc3c2)c2c1C(=O)CC(C)(C)C2. The molecule has 0 amide bonds. The van der Waals surface area contributed by atoms with Gasteiger partial charge in [-0.05, 0) is 68.0 Å². The number of aryl methyl sites for hydroxylation is 1. The van der Waals surface area contributed by atoms with Gasteiger partial charge in [0.2, 0.25) is 0 Å². The van der Waals surface area contributed by atoms with E-state index >= 15 is 0 Å². The Bertz CT molecular complexity index is 1400. The van der Waals surface area contributed by atoms with Crippen molar-refractivity contribution in [1.82, 2.24) is 14.8 Å². The molecule has 7 nitrogen and oxygen atoms in total. The number of nitrogens with zero attached hydrogens (tertiary/aromatic N) is 2. The van der Waals surface area contributed by atoms with E-state index in [2.05, 4.69) is 51.0 Å². The van der Waals surface area contributed by atoms with Gasteiger partial charge in [-0.1, -0.05) is 34.6 Å². The minimum absolute atomic E-state index is 0.114. The van der Waals surface area contributed by atoms with Gasteiger partial charge in [0.05, 0.1) is 34.1 Å². The van der Waals surface area contributed by atoms with E-state index in [1.165, 1.54) is 0 Å². The summed E-state index contributed by atoms with van der Waals surface area (Å²) in [6.45, 7) is 12.4. The standard InChI is InChI=1S/C29H38N4O3/c1-16-25-22(14-29(5,6)15-23(25)35)33(32-16)19-11-17-12-24(28(2,3)4)31-27(36)26(17)21(13-19)30-18-7-9-20(34)10-8-18/h11-13,18,20,30,34H,7-10,14-15H2,1-6H3,(H,31,36)/t18-,20-. The first-order chi connectivity index (χ1) is 16.8. The summed E-state index contributed by atoms with van der Waals surface area (Å²) in [6, 6.07) is 6.27. The summed E-state index contributed by atoms with van der Waals surface area (Å²) in [4.78, 5) is 29.5. The van der Waals surface area contributed by atoms with Crippen molar-refractivity contribution in [3.8, 4) is 5.69 Å². The number of Topliss-reactive ketones (excluding diaryl/α,β-unsaturated/α-hetero) is 1. The molecule has 192 valence electrons. The van der Waals surface area contributed by atoms with E-state index in [1.54, 1.807) is 0 Å². The molecule has 1 saturated carbocycles. The third-order valence-electron chi connectivity index (χ3n) is 7.76. The summed E-state index contributed by atoms with van der Waals surface area (Å²) in [6.07, 6.45) is 4.25. The summed E-state index contributed by atoms with van der Waals surface area (Å²) in [7, 11) is 0. The summed E-state index contributed by atoms with van der Waals surface area (Å²) in [5.74, 6) is 0.149. The lowest BCUT2D eigenvalue weighted by molar-refractivity contribution is 0.0910. The highest BCUT2D eigenvalue weighted by molar-refractivity contribution is 6.00. The van der Waals surface area contributed by atoms with Crippen molar-refractivity contribution in [3.63, 3.8) is 0 Å². The van der Waals surface area contributed by atoms with E-state index < -0.39 is 0 Å². The number of aromatic amines is 1. The molecular weight excluding hydrogens is 452 g/mol. The first-order valence-electron chi connectivity index (χ1n) is 13.1. The van der Waals surface area contributed by atoms with Gasteiger partial charge in [0.15, 0.2) is 5.78 Å². The van der Waals surface area contributed by atoms with Gasteiger partial charge in [-0.25, -0.2) is 4.68 Å². The van der Waals surface area contributed by atoms with Crippen LogP contribution in [0.25, 0.3) is 16.5 Å². The minimum atomic E-state index is -0.247. The number of carbonyl (C=O) groups excluding carboxylic acids is 1. The molecule has 3 N–H and O–H groups in total. The zero-order valence-corrected chi connectivity index (χ0v) is 22.3. The molecular formula is C29H38N4O3. The van der Waals surface area contributed by atoms with E-state index in [9.17, 15) is 14.7 Å². The molecule has 0 aliphatic heterocycles. The van der Waals surface area contributed by atoms with Gasteiger partial charge in [0, 0.05) is 29.3 Å². The molecule has 0 unspecified atom stereocenters. The summed E-state index contributed by atoms with van der Waals surface area (Å²) >= 11 is 0. The smallest absolute Gasteiger partial charge is 0.258 e. The van der Waals surface area contributed by atoms with Gasteiger partial charge in [0.1, 0.15) is 0 Å². The molecule has 1 fully saturated rings. The van der Waals surface area contributed by atoms with Crippen LogP contribution in [0.4, 0.5) is 5.69 Å². The van der Waals surface area contributed by atoms with Crippen molar-refractivity contribution in [2.75, 3.05) is 5.32 Å². The van der Waals surface area contributed by atoms with Crippen LogP contribution < -0.4 is 10.9 Å². The van der Waals surface area contributed by atoms with Crippen molar-refractivity contribution in [2.45, 2.75) is 97.6 Å². The van der Waals surface area contributed by atoms with Gasteiger partial charge in [-0.2, -0.15) is 5.10 Å². The number of ketones is 1. The lowest BCUT2D eigenvalue weighted by atomic mass is 9.75. The molecule has 2 aliphatic rings. The van der Waals surface area contributed by atoms with E-state index in [0.717, 1.165) is 71.5 Å². The fraction of sp³-hybridized carbons (Fsp3) is 0.552. The van der Waals surface area contributed by atoms with Gasteiger partial charge in [0.25, 0.3) is 5.56 Å². The van der Waals surface area contributed by atoms with Gasteiger partial charge >= 0.3 is 0 Å². The molecule has 5 rings (SSSR count). The number of aliphatic hydroxyl groups is 1. The van der Waals surface area contributed by atoms with Gasteiger partial charge in [-0.15, -0.1) is 0 Å². The predicted molar refractivity (Wildman–Crippen MR) is 143 cm³/mol. The molecule has 36 heavy (non-hydrogen) atoms. The number of rotatable bonds is 3. The summed E-state index contributed by atoms with van der Waals surface area (Å²) < 4.78 is 1.91. The zero-order valence-electron chi connectivity index (χ0n) is 22.3. The predicted octanol–water partition coefficient (Wildman–Crippen LogP) is 5.19. The number of anilines is 1. The Morgan fingerprint density at radius 2 is 1.78 bits per heavy atom. The number of hydrogen-bond acceptors (Lipinski definition) is 5. The Balaban J connectivity index is 1.71. The van der Waals surface area contributed by atoms with Crippen LogP contribution in [-0.2, 0) is 11.8 Å². The van der Waals surface area contributed by atoms with E-state index in [-0.39, 0.29) is 34.3 Å². The monoisotopic (exact) mass is 490 g/mol. The lowest BCUT2D eigenvalue weighted by Gasteiger charge is -2.29. The Morgan fingerprint density at radius 1 is 1.08 bits per heavy atom. The fourth-order valence-corrected chi connectivity index (χ4v) is 5.83. The van der Waals surface area contributed by atoms with Gasteiger partial charge < -0.3 is 15.4 Å². The molecule has 7 heteroatoms. The number of nitrogens with one attached hydrogen (secondary N) is 2. The van der Waals surface area contributed by atoms with Crippen LogP contribution in [0.15, 0.2) is 23.0 Å². The van der Waals surface area contributed by atoms with Crippen molar-refractivity contribution in [2.24, 2.45) is 5.41 Å². The van der Waals surface area contributed by atoms with Crippen LogP contribution in [0.1, 0.15) is 94.2 Å². The third kappa shape index (κ3) is 4.49. The second-order valence-electron chi connectivity index (χ2n) is 12.6. The number of pyridine rings is 1. The molecule has 2 aliphatic carbocycles. The van der Waals surface area contributed by atoms with E-state index in [0.29, 0.717) is 11.8 Å². The largest absolute Gasteiger partial charge is 0.393 e. The molecule has 2 heterocycles. The first-order valence-corrected chi connectivity index (χ1v) is 13.1. The zero-order chi connectivity index (χ0) is 26.0. The summed E-state index contributed by atoms with van der Waals surface area (Å²) in [5.41, 5.74) is 4.47. The van der Waals surface area contributed by atoms with Gasteiger partial charge in [-0.3, -0.25) is 9.59 Å². The van der Waals surface area contributed by atoms with Crippen molar-refractivity contribution in [3.05, 3.63) is 51.2 Å². The second kappa shape index (κ2) is 8.58. The molecule has 3 aromatic rings. The number of fused-ring (bicyclic) bond motifs is 2. The maximum absolute atomic E-state index is 13.4.